The van der Waals surface area contributed by atoms with Crippen LogP contribution in [0.4, 0.5) is 21.5 Å². The molecule has 1 spiro atoms. The third-order valence-electron chi connectivity index (χ3n) is 6.22. The summed E-state index contributed by atoms with van der Waals surface area (Å²) in [5.41, 5.74) is 4.29. The fraction of sp³-hybridized carbons (Fsp3) is 0.192. The largest absolute Gasteiger partial charge is 0.325 e. The number of fused-ring (bicyclic) bond motifs is 2. The Morgan fingerprint density at radius 2 is 1.82 bits per heavy atom. The number of anilines is 3. The summed E-state index contributed by atoms with van der Waals surface area (Å²) in [6.07, 6.45) is 0. The number of aryl methyl sites for hydroxylation is 2. The van der Waals surface area contributed by atoms with Gasteiger partial charge < -0.3 is 5.32 Å². The molecule has 172 valence electrons. The second-order valence-electron chi connectivity index (χ2n) is 8.40. The zero-order chi connectivity index (χ0) is 24.0. The lowest BCUT2D eigenvalue weighted by atomic mass is 10.0. The zero-order valence-corrected chi connectivity index (χ0v) is 19.5. The molecule has 2 heterocycles. The first kappa shape index (κ1) is 22.2. The van der Waals surface area contributed by atoms with Crippen LogP contribution in [0.1, 0.15) is 16.7 Å². The van der Waals surface area contributed by atoms with Crippen LogP contribution in [0.25, 0.3) is 0 Å². The summed E-state index contributed by atoms with van der Waals surface area (Å²) < 4.78 is 14.0. The van der Waals surface area contributed by atoms with Crippen molar-refractivity contribution < 1.29 is 18.8 Å². The van der Waals surface area contributed by atoms with Crippen LogP contribution in [0.3, 0.4) is 0 Å². The van der Waals surface area contributed by atoms with E-state index in [4.69, 9.17) is 0 Å². The van der Waals surface area contributed by atoms with Gasteiger partial charge in [0.05, 0.1) is 11.4 Å². The molecule has 2 aliphatic heterocycles. The molecular formula is C26H22FN3O3S. The summed E-state index contributed by atoms with van der Waals surface area (Å²) in [6.45, 7) is 3.74. The van der Waals surface area contributed by atoms with Gasteiger partial charge in [0.1, 0.15) is 12.4 Å². The predicted molar refractivity (Wildman–Crippen MR) is 131 cm³/mol. The third-order valence-corrected chi connectivity index (χ3v) is 7.61. The Bertz CT molecular complexity index is 1340. The maximum Gasteiger partial charge on any atom is 0.269 e. The van der Waals surface area contributed by atoms with Crippen LogP contribution in [0, 0.1) is 19.7 Å². The standard InChI is InChI=1S/C26H22FN3O3S/c1-16-10-11-19(12-17(16)2)28-23(31)14-29-22-9-4-3-8-21(22)26(25(29)33)30(24(32)15-34-26)20-7-5-6-18(27)13-20/h3-13H,14-15H2,1-2H3,(H,28,31)/t26-/m1/s1. The zero-order valence-electron chi connectivity index (χ0n) is 18.7. The highest BCUT2D eigenvalue weighted by Crippen LogP contribution is 2.55. The summed E-state index contributed by atoms with van der Waals surface area (Å²) in [7, 11) is 0. The number of hydrogen-bond acceptors (Lipinski definition) is 4. The van der Waals surface area contributed by atoms with Gasteiger partial charge in [0.25, 0.3) is 5.91 Å². The molecule has 34 heavy (non-hydrogen) atoms. The molecule has 3 amide bonds. The molecule has 0 saturated carbocycles. The van der Waals surface area contributed by atoms with Crippen molar-refractivity contribution in [3.63, 3.8) is 0 Å². The van der Waals surface area contributed by atoms with E-state index in [9.17, 15) is 18.8 Å². The first-order valence-corrected chi connectivity index (χ1v) is 11.8. The number of hydrogen-bond donors (Lipinski definition) is 1. The minimum Gasteiger partial charge on any atom is -0.325 e. The van der Waals surface area contributed by atoms with Crippen molar-refractivity contribution >= 4 is 46.5 Å². The molecule has 1 N–H and O–H groups in total. The van der Waals surface area contributed by atoms with Crippen LogP contribution < -0.4 is 15.1 Å². The van der Waals surface area contributed by atoms with Crippen LogP contribution in [0.2, 0.25) is 0 Å². The van der Waals surface area contributed by atoms with E-state index >= 15 is 0 Å². The molecule has 3 aromatic rings. The Morgan fingerprint density at radius 3 is 2.59 bits per heavy atom. The number of amides is 3. The molecule has 6 nitrogen and oxygen atoms in total. The van der Waals surface area contributed by atoms with Gasteiger partial charge in [-0.25, -0.2) is 4.39 Å². The van der Waals surface area contributed by atoms with E-state index in [2.05, 4.69) is 5.32 Å². The highest BCUT2D eigenvalue weighted by atomic mass is 32.2. The summed E-state index contributed by atoms with van der Waals surface area (Å²) in [4.78, 5) is 41.2. The van der Waals surface area contributed by atoms with Gasteiger partial charge in [0.2, 0.25) is 16.7 Å². The number of para-hydroxylation sites is 1. The third kappa shape index (κ3) is 3.45. The van der Waals surface area contributed by atoms with Crippen molar-refractivity contribution in [3.8, 4) is 0 Å². The van der Waals surface area contributed by atoms with Gasteiger partial charge in [-0.15, -0.1) is 11.8 Å². The van der Waals surface area contributed by atoms with Crippen molar-refractivity contribution in [1.82, 2.24) is 0 Å². The molecule has 1 fully saturated rings. The summed E-state index contributed by atoms with van der Waals surface area (Å²) in [5.74, 6) is -1.47. The van der Waals surface area contributed by atoms with Gasteiger partial charge >= 0.3 is 0 Å². The highest BCUT2D eigenvalue weighted by molar-refractivity contribution is 8.02. The number of carbonyl (C=O) groups excluding carboxylic acids is 3. The van der Waals surface area contributed by atoms with E-state index in [1.807, 2.05) is 32.0 Å². The second-order valence-corrected chi connectivity index (χ2v) is 9.57. The number of nitrogens with zero attached hydrogens (tertiary/aromatic N) is 2. The molecular weight excluding hydrogens is 453 g/mol. The number of rotatable bonds is 4. The summed E-state index contributed by atoms with van der Waals surface area (Å²) in [5, 5.41) is 2.86. The van der Waals surface area contributed by atoms with Gasteiger partial charge in [-0.3, -0.25) is 24.2 Å². The summed E-state index contributed by atoms with van der Waals surface area (Å²) >= 11 is 1.19. The fourth-order valence-electron chi connectivity index (χ4n) is 4.49. The maximum atomic E-state index is 14.0. The van der Waals surface area contributed by atoms with Crippen LogP contribution in [-0.2, 0) is 19.3 Å². The highest BCUT2D eigenvalue weighted by Gasteiger charge is 2.61. The van der Waals surface area contributed by atoms with E-state index in [1.165, 1.54) is 39.8 Å². The lowest BCUT2D eigenvalue weighted by Gasteiger charge is -2.33. The number of carbonyl (C=O) groups is 3. The Hall–Kier alpha value is -3.65. The lowest BCUT2D eigenvalue weighted by molar-refractivity contribution is -0.124. The molecule has 1 saturated heterocycles. The molecule has 2 aliphatic rings. The number of halogens is 1. The first-order chi connectivity index (χ1) is 16.3. The van der Waals surface area contributed by atoms with E-state index in [1.54, 1.807) is 30.3 Å². The molecule has 0 radical (unpaired) electrons. The minimum absolute atomic E-state index is 0.0687. The second kappa shape index (κ2) is 8.29. The average Bonchev–Trinajstić information content (AvgIpc) is 3.27. The molecule has 0 aromatic heterocycles. The van der Waals surface area contributed by atoms with Crippen LogP contribution in [-0.4, -0.2) is 30.0 Å². The van der Waals surface area contributed by atoms with E-state index in [0.29, 0.717) is 22.6 Å². The first-order valence-electron chi connectivity index (χ1n) is 10.8. The molecule has 5 rings (SSSR count). The van der Waals surface area contributed by atoms with Gasteiger partial charge in [-0.1, -0.05) is 30.3 Å². The van der Waals surface area contributed by atoms with Gasteiger partial charge in [0.15, 0.2) is 0 Å². The lowest BCUT2D eigenvalue weighted by Crippen LogP contribution is -2.50. The number of thioether (sulfide) groups is 1. The van der Waals surface area contributed by atoms with Crippen molar-refractivity contribution in [2.24, 2.45) is 0 Å². The number of nitrogens with one attached hydrogen (secondary N) is 1. The van der Waals surface area contributed by atoms with Crippen molar-refractivity contribution in [2.75, 3.05) is 27.4 Å². The molecule has 3 aromatic carbocycles. The van der Waals surface area contributed by atoms with Gasteiger partial charge in [0, 0.05) is 16.9 Å². The van der Waals surface area contributed by atoms with Crippen LogP contribution in [0.5, 0.6) is 0 Å². The maximum absolute atomic E-state index is 14.0. The predicted octanol–water partition coefficient (Wildman–Crippen LogP) is 4.36. The van der Waals surface area contributed by atoms with Crippen molar-refractivity contribution in [2.45, 2.75) is 18.7 Å². The smallest absolute Gasteiger partial charge is 0.269 e. The normalized spacial score (nSPS) is 19.1. The number of benzene rings is 3. The fourth-order valence-corrected chi connectivity index (χ4v) is 5.85. The molecule has 0 unspecified atom stereocenters. The quantitative estimate of drug-likeness (QED) is 0.609. The van der Waals surface area contributed by atoms with E-state index < -0.39 is 16.6 Å². The van der Waals surface area contributed by atoms with Gasteiger partial charge in [-0.2, -0.15) is 0 Å². The van der Waals surface area contributed by atoms with E-state index in [-0.39, 0.29) is 24.1 Å². The Labute approximate surface area is 200 Å². The Kier molecular flexibility index (Phi) is 5.40. The molecule has 8 heteroatoms. The van der Waals surface area contributed by atoms with E-state index in [0.717, 1.165) is 11.1 Å². The topological polar surface area (TPSA) is 69.7 Å². The van der Waals surface area contributed by atoms with Gasteiger partial charge in [-0.05, 0) is 61.4 Å². The average molecular weight is 476 g/mol. The van der Waals surface area contributed by atoms with Crippen LogP contribution in [0.15, 0.2) is 66.7 Å². The Balaban J connectivity index is 1.50. The molecule has 1 atom stereocenters. The van der Waals surface area contributed by atoms with Crippen LogP contribution >= 0.6 is 11.8 Å². The SMILES string of the molecule is Cc1ccc(NC(=O)CN2C(=O)[C@]3(SCC(=O)N3c3cccc(F)c3)c3ccccc32)cc1C. The molecule has 0 bridgehead atoms. The minimum atomic E-state index is -1.39. The Morgan fingerprint density at radius 1 is 1.03 bits per heavy atom. The monoisotopic (exact) mass is 475 g/mol. The van der Waals surface area contributed by atoms with Crippen molar-refractivity contribution in [1.29, 1.82) is 0 Å². The van der Waals surface area contributed by atoms with Crippen molar-refractivity contribution in [3.05, 3.63) is 89.2 Å². The molecule has 0 aliphatic carbocycles. The summed E-state index contributed by atoms with van der Waals surface area (Å²) in [6, 6.07) is 18.4.